The van der Waals surface area contributed by atoms with E-state index in [0.29, 0.717) is 19.3 Å². The van der Waals surface area contributed by atoms with Gasteiger partial charge in [-0.05, 0) is 37.0 Å². The van der Waals surface area contributed by atoms with Crippen LogP contribution >= 0.6 is 0 Å². The van der Waals surface area contributed by atoms with E-state index < -0.39 is 29.6 Å². The lowest BCUT2D eigenvalue weighted by Gasteiger charge is -2.16. The SMILES string of the molecule is C=CCCC[C@@H](NC(=O)Cc1cc(F)cc(F)c1)C(=O)OC. The van der Waals surface area contributed by atoms with Crippen LogP contribution in [0.2, 0.25) is 0 Å². The fourth-order valence-electron chi connectivity index (χ4n) is 2.00. The number of esters is 1. The van der Waals surface area contributed by atoms with E-state index in [1.54, 1.807) is 6.08 Å². The average Bonchev–Trinajstić information content (AvgIpc) is 2.44. The molecule has 6 heteroatoms. The number of methoxy groups -OCH3 is 1. The molecule has 1 aromatic rings. The van der Waals surface area contributed by atoms with E-state index in [1.807, 2.05) is 0 Å². The van der Waals surface area contributed by atoms with Gasteiger partial charge in [0.05, 0.1) is 13.5 Å². The summed E-state index contributed by atoms with van der Waals surface area (Å²) in [5.41, 5.74) is 0.199. The van der Waals surface area contributed by atoms with E-state index in [9.17, 15) is 18.4 Å². The maximum atomic E-state index is 13.1. The van der Waals surface area contributed by atoms with Gasteiger partial charge in [-0.1, -0.05) is 6.08 Å². The Kier molecular flexibility index (Phi) is 7.22. The van der Waals surface area contributed by atoms with Crippen LogP contribution in [0.1, 0.15) is 24.8 Å². The number of unbranched alkanes of at least 4 members (excludes halogenated alkanes) is 1. The van der Waals surface area contributed by atoms with Gasteiger partial charge in [-0.15, -0.1) is 6.58 Å². The smallest absolute Gasteiger partial charge is 0.328 e. The number of hydrogen-bond acceptors (Lipinski definition) is 3. The van der Waals surface area contributed by atoms with Crippen LogP contribution in [0.5, 0.6) is 0 Å². The number of carbonyl (C=O) groups is 2. The van der Waals surface area contributed by atoms with Crippen LogP contribution in [0.4, 0.5) is 8.78 Å². The molecule has 0 heterocycles. The molecule has 1 N–H and O–H groups in total. The van der Waals surface area contributed by atoms with Crippen LogP contribution in [0.25, 0.3) is 0 Å². The highest BCUT2D eigenvalue weighted by Gasteiger charge is 2.21. The van der Waals surface area contributed by atoms with Crippen LogP contribution in [0.3, 0.4) is 0 Å². The lowest BCUT2D eigenvalue weighted by molar-refractivity contribution is -0.145. The van der Waals surface area contributed by atoms with Gasteiger partial charge in [0.2, 0.25) is 5.91 Å². The van der Waals surface area contributed by atoms with Crippen LogP contribution in [-0.2, 0) is 20.7 Å². The molecule has 1 atom stereocenters. The van der Waals surface area contributed by atoms with Gasteiger partial charge in [0, 0.05) is 6.07 Å². The van der Waals surface area contributed by atoms with Gasteiger partial charge in [-0.2, -0.15) is 0 Å². The average molecular weight is 311 g/mol. The number of nitrogens with one attached hydrogen (secondary N) is 1. The molecular weight excluding hydrogens is 292 g/mol. The molecule has 0 radical (unpaired) electrons. The molecule has 0 saturated heterocycles. The summed E-state index contributed by atoms with van der Waals surface area (Å²) in [6, 6.07) is 2.10. The molecule has 0 aliphatic heterocycles. The molecule has 0 aliphatic carbocycles. The molecule has 0 bridgehead atoms. The second kappa shape index (κ2) is 8.92. The summed E-state index contributed by atoms with van der Waals surface area (Å²) in [4.78, 5) is 23.5. The molecule has 1 amide bonds. The van der Waals surface area contributed by atoms with Crippen molar-refractivity contribution in [3.63, 3.8) is 0 Å². The third-order valence-corrected chi connectivity index (χ3v) is 3.01. The van der Waals surface area contributed by atoms with Crippen LogP contribution in [-0.4, -0.2) is 25.0 Å². The molecular formula is C16H19F2NO3. The van der Waals surface area contributed by atoms with Crippen molar-refractivity contribution in [1.29, 1.82) is 0 Å². The second-order valence-electron chi connectivity index (χ2n) is 4.82. The first-order valence-electron chi connectivity index (χ1n) is 6.89. The van der Waals surface area contributed by atoms with Crippen molar-refractivity contribution >= 4 is 11.9 Å². The Morgan fingerprint density at radius 1 is 1.32 bits per heavy atom. The molecule has 0 fully saturated rings. The fourth-order valence-corrected chi connectivity index (χ4v) is 2.00. The number of allylic oxidation sites excluding steroid dienone is 1. The summed E-state index contributed by atoms with van der Waals surface area (Å²) in [7, 11) is 1.23. The maximum absolute atomic E-state index is 13.1. The number of hydrogen-bond donors (Lipinski definition) is 1. The monoisotopic (exact) mass is 311 g/mol. The normalized spacial score (nSPS) is 11.6. The van der Waals surface area contributed by atoms with Crippen LogP contribution < -0.4 is 5.32 Å². The number of ether oxygens (including phenoxy) is 1. The van der Waals surface area contributed by atoms with Crippen LogP contribution in [0, 0.1) is 11.6 Å². The zero-order valence-corrected chi connectivity index (χ0v) is 12.4. The topological polar surface area (TPSA) is 55.4 Å². The van der Waals surface area contributed by atoms with Gasteiger partial charge in [0.1, 0.15) is 17.7 Å². The zero-order chi connectivity index (χ0) is 16.5. The summed E-state index contributed by atoms with van der Waals surface area (Å²) < 4.78 is 30.8. The maximum Gasteiger partial charge on any atom is 0.328 e. The van der Waals surface area contributed by atoms with E-state index in [0.717, 1.165) is 18.2 Å². The number of benzene rings is 1. The van der Waals surface area contributed by atoms with E-state index in [2.05, 4.69) is 16.6 Å². The molecule has 4 nitrogen and oxygen atoms in total. The van der Waals surface area contributed by atoms with E-state index in [-0.39, 0.29) is 12.0 Å². The van der Waals surface area contributed by atoms with Crippen molar-refractivity contribution in [1.82, 2.24) is 5.32 Å². The minimum Gasteiger partial charge on any atom is -0.467 e. The highest BCUT2D eigenvalue weighted by atomic mass is 19.1. The van der Waals surface area contributed by atoms with E-state index in [4.69, 9.17) is 0 Å². The van der Waals surface area contributed by atoms with Gasteiger partial charge in [-0.3, -0.25) is 4.79 Å². The number of halogens is 2. The van der Waals surface area contributed by atoms with Gasteiger partial charge in [0.25, 0.3) is 0 Å². The van der Waals surface area contributed by atoms with Crippen molar-refractivity contribution in [2.45, 2.75) is 31.7 Å². The standard InChI is InChI=1S/C16H19F2NO3/c1-3-4-5-6-14(16(21)22-2)19-15(20)9-11-7-12(17)10-13(18)8-11/h3,7-8,10,14H,1,4-6,9H2,2H3,(H,19,20)/t14-/m1/s1. The molecule has 0 aromatic heterocycles. The molecule has 0 spiro atoms. The molecule has 0 saturated carbocycles. The van der Waals surface area contributed by atoms with Gasteiger partial charge in [0.15, 0.2) is 0 Å². The van der Waals surface area contributed by atoms with Crippen molar-refractivity contribution in [2.75, 3.05) is 7.11 Å². The zero-order valence-electron chi connectivity index (χ0n) is 12.4. The highest BCUT2D eigenvalue weighted by Crippen LogP contribution is 2.09. The Bertz CT molecular complexity index is 526. The highest BCUT2D eigenvalue weighted by molar-refractivity contribution is 5.85. The summed E-state index contributed by atoms with van der Waals surface area (Å²) >= 11 is 0. The lowest BCUT2D eigenvalue weighted by atomic mass is 10.1. The Balaban J connectivity index is 2.65. The van der Waals surface area contributed by atoms with Crippen molar-refractivity contribution in [3.8, 4) is 0 Å². The molecule has 1 aromatic carbocycles. The number of carbonyl (C=O) groups excluding carboxylic acids is 2. The first kappa shape index (κ1) is 17.8. The number of rotatable bonds is 8. The number of amides is 1. The van der Waals surface area contributed by atoms with Crippen molar-refractivity contribution < 1.29 is 23.1 Å². The van der Waals surface area contributed by atoms with E-state index >= 15 is 0 Å². The van der Waals surface area contributed by atoms with Crippen LogP contribution in [0.15, 0.2) is 30.9 Å². The third-order valence-electron chi connectivity index (χ3n) is 3.01. The predicted molar refractivity (Wildman–Crippen MR) is 78.1 cm³/mol. The van der Waals surface area contributed by atoms with Gasteiger partial charge in [-0.25, -0.2) is 13.6 Å². The molecule has 0 unspecified atom stereocenters. The molecule has 120 valence electrons. The molecule has 1 rings (SSSR count). The quantitative estimate of drug-likeness (QED) is 0.456. The largest absolute Gasteiger partial charge is 0.467 e. The Morgan fingerprint density at radius 3 is 2.50 bits per heavy atom. The molecule has 0 aliphatic rings. The summed E-state index contributed by atoms with van der Waals surface area (Å²) in [6.07, 6.45) is 3.27. The Morgan fingerprint density at radius 2 is 1.95 bits per heavy atom. The lowest BCUT2D eigenvalue weighted by Crippen LogP contribution is -2.42. The second-order valence-corrected chi connectivity index (χ2v) is 4.82. The fraction of sp³-hybridized carbons (Fsp3) is 0.375. The first-order valence-corrected chi connectivity index (χ1v) is 6.89. The Hall–Kier alpha value is -2.24. The first-order chi connectivity index (χ1) is 10.5. The minimum atomic E-state index is -0.782. The summed E-state index contributed by atoms with van der Waals surface area (Å²) in [5, 5.41) is 2.52. The van der Waals surface area contributed by atoms with Gasteiger partial charge >= 0.3 is 5.97 Å². The summed E-state index contributed by atoms with van der Waals surface area (Å²) in [5.74, 6) is -2.56. The van der Waals surface area contributed by atoms with E-state index in [1.165, 1.54) is 7.11 Å². The summed E-state index contributed by atoms with van der Waals surface area (Å²) in [6.45, 7) is 3.58. The van der Waals surface area contributed by atoms with Crippen molar-refractivity contribution in [2.24, 2.45) is 0 Å². The third kappa shape index (κ3) is 6.03. The Labute approximate surface area is 128 Å². The minimum absolute atomic E-state index is 0.199. The molecule has 22 heavy (non-hydrogen) atoms. The van der Waals surface area contributed by atoms with Gasteiger partial charge < -0.3 is 10.1 Å². The van der Waals surface area contributed by atoms with Crippen molar-refractivity contribution in [3.05, 3.63) is 48.1 Å². The predicted octanol–water partition coefficient (Wildman–Crippen LogP) is 2.52.